The van der Waals surface area contributed by atoms with Gasteiger partial charge in [0.05, 0.1) is 15.9 Å². The van der Waals surface area contributed by atoms with Crippen LogP contribution in [0.25, 0.3) is 0 Å². The third-order valence-corrected chi connectivity index (χ3v) is 2.34. The summed E-state index contributed by atoms with van der Waals surface area (Å²) in [7, 11) is 1.62. The molecule has 0 unspecified atom stereocenters. The van der Waals surface area contributed by atoms with Crippen LogP contribution in [0.15, 0.2) is 6.33 Å². The number of anilines is 1. The first kappa shape index (κ1) is 8.66. The molecular formula is C6H8IN3O. The SMILES string of the molecule is COCc1ncnc(N)c1I. The number of hydrogen-bond acceptors (Lipinski definition) is 4. The lowest BCUT2D eigenvalue weighted by molar-refractivity contribution is 0.180. The van der Waals surface area contributed by atoms with E-state index in [1.807, 2.05) is 0 Å². The van der Waals surface area contributed by atoms with Crippen LogP contribution in [0.2, 0.25) is 0 Å². The Bertz CT molecular complexity index is 254. The van der Waals surface area contributed by atoms with E-state index in [2.05, 4.69) is 32.6 Å². The van der Waals surface area contributed by atoms with Crippen molar-refractivity contribution in [3.63, 3.8) is 0 Å². The molecule has 0 fully saturated rings. The minimum absolute atomic E-state index is 0.477. The van der Waals surface area contributed by atoms with Gasteiger partial charge in [-0.15, -0.1) is 0 Å². The van der Waals surface area contributed by atoms with E-state index in [9.17, 15) is 0 Å². The van der Waals surface area contributed by atoms with Crippen LogP contribution in [0.3, 0.4) is 0 Å². The smallest absolute Gasteiger partial charge is 0.140 e. The van der Waals surface area contributed by atoms with Crippen molar-refractivity contribution in [2.75, 3.05) is 12.8 Å². The van der Waals surface area contributed by atoms with E-state index in [1.54, 1.807) is 7.11 Å². The van der Waals surface area contributed by atoms with E-state index in [0.717, 1.165) is 9.26 Å². The molecule has 0 amide bonds. The second-order valence-electron chi connectivity index (χ2n) is 1.95. The summed E-state index contributed by atoms with van der Waals surface area (Å²) in [6.07, 6.45) is 1.44. The van der Waals surface area contributed by atoms with Crippen LogP contribution < -0.4 is 5.73 Å². The molecule has 1 heterocycles. The summed E-state index contributed by atoms with van der Waals surface area (Å²) in [5.41, 5.74) is 6.37. The zero-order valence-electron chi connectivity index (χ0n) is 6.04. The highest BCUT2D eigenvalue weighted by Crippen LogP contribution is 2.14. The summed E-state index contributed by atoms with van der Waals surface area (Å²) in [6.45, 7) is 0.477. The van der Waals surface area contributed by atoms with Gasteiger partial charge in [-0.05, 0) is 22.6 Å². The van der Waals surface area contributed by atoms with Gasteiger partial charge in [0.15, 0.2) is 0 Å². The Morgan fingerprint density at radius 3 is 3.00 bits per heavy atom. The molecule has 0 aromatic carbocycles. The number of hydrogen-bond donors (Lipinski definition) is 1. The Morgan fingerprint density at radius 1 is 1.64 bits per heavy atom. The summed E-state index contributed by atoms with van der Waals surface area (Å²) in [4.78, 5) is 7.83. The van der Waals surface area contributed by atoms with E-state index in [4.69, 9.17) is 10.5 Å². The lowest BCUT2D eigenvalue weighted by Gasteiger charge is -2.02. The third-order valence-electron chi connectivity index (χ3n) is 1.17. The summed E-state index contributed by atoms with van der Waals surface area (Å²) in [6, 6.07) is 0. The fourth-order valence-electron chi connectivity index (χ4n) is 0.659. The quantitative estimate of drug-likeness (QED) is 0.804. The first-order chi connectivity index (χ1) is 5.25. The van der Waals surface area contributed by atoms with Crippen molar-refractivity contribution in [3.05, 3.63) is 15.6 Å². The second-order valence-corrected chi connectivity index (χ2v) is 3.03. The molecule has 0 aliphatic heterocycles. The maximum absolute atomic E-state index is 5.54. The number of halogens is 1. The Hall–Kier alpha value is -0.430. The Balaban J connectivity index is 2.96. The third kappa shape index (κ3) is 2.00. The molecule has 0 aliphatic rings. The van der Waals surface area contributed by atoms with Crippen LogP contribution in [0.4, 0.5) is 5.82 Å². The molecule has 0 saturated carbocycles. The Morgan fingerprint density at radius 2 is 2.36 bits per heavy atom. The molecule has 0 radical (unpaired) electrons. The number of nitrogens with two attached hydrogens (primary N) is 1. The molecule has 0 aliphatic carbocycles. The fourth-order valence-corrected chi connectivity index (χ4v) is 1.09. The van der Waals surface area contributed by atoms with Gasteiger partial charge in [0.1, 0.15) is 12.1 Å². The normalized spacial score (nSPS) is 10.0. The van der Waals surface area contributed by atoms with Gasteiger partial charge >= 0.3 is 0 Å². The maximum atomic E-state index is 5.54. The van der Waals surface area contributed by atoms with Crippen molar-refractivity contribution in [2.45, 2.75) is 6.61 Å². The molecule has 4 nitrogen and oxygen atoms in total. The minimum Gasteiger partial charge on any atom is -0.383 e. The second kappa shape index (κ2) is 3.82. The molecule has 0 atom stereocenters. The average molecular weight is 265 g/mol. The predicted octanol–water partition coefficient (Wildman–Crippen LogP) is 0.810. The molecule has 0 bridgehead atoms. The highest BCUT2D eigenvalue weighted by Gasteiger charge is 2.03. The van der Waals surface area contributed by atoms with Gasteiger partial charge in [0.25, 0.3) is 0 Å². The van der Waals surface area contributed by atoms with E-state index < -0.39 is 0 Å². The summed E-state index contributed by atoms with van der Waals surface area (Å²) in [5, 5.41) is 0. The molecule has 11 heavy (non-hydrogen) atoms. The summed E-state index contributed by atoms with van der Waals surface area (Å²) in [5.74, 6) is 0.507. The zero-order chi connectivity index (χ0) is 8.27. The minimum atomic E-state index is 0.477. The molecule has 0 saturated heterocycles. The number of rotatable bonds is 2. The number of ether oxygens (including phenoxy) is 1. The van der Waals surface area contributed by atoms with Crippen molar-refractivity contribution >= 4 is 28.4 Å². The topological polar surface area (TPSA) is 61.0 Å². The molecule has 1 rings (SSSR count). The van der Waals surface area contributed by atoms with E-state index >= 15 is 0 Å². The fraction of sp³-hybridized carbons (Fsp3) is 0.333. The van der Waals surface area contributed by atoms with Crippen molar-refractivity contribution < 1.29 is 4.74 Å². The van der Waals surface area contributed by atoms with Gasteiger partial charge in [0.2, 0.25) is 0 Å². The largest absolute Gasteiger partial charge is 0.383 e. The number of methoxy groups -OCH3 is 1. The monoisotopic (exact) mass is 265 g/mol. The van der Waals surface area contributed by atoms with Crippen LogP contribution in [-0.4, -0.2) is 17.1 Å². The predicted molar refractivity (Wildman–Crippen MR) is 49.9 cm³/mol. The van der Waals surface area contributed by atoms with Crippen LogP contribution in [0.5, 0.6) is 0 Å². The molecule has 2 N–H and O–H groups in total. The molecule has 60 valence electrons. The summed E-state index contributed by atoms with van der Waals surface area (Å²) < 4.78 is 5.78. The van der Waals surface area contributed by atoms with Gasteiger partial charge in [-0.25, -0.2) is 9.97 Å². The van der Waals surface area contributed by atoms with Gasteiger partial charge in [-0.3, -0.25) is 0 Å². The first-order valence-electron chi connectivity index (χ1n) is 2.99. The van der Waals surface area contributed by atoms with Gasteiger partial charge in [0, 0.05) is 7.11 Å². The molecule has 1 aromatic rings. The molecule has 0 spiro atoms. The van der Waals surface area contributed by atoms with Crippen molar-refractivity contribution in [1.29, 1.82) is 0 Å². The van der Waals surface area contributed by atoms with Gasteiger partial charge < -0.3 is 10.5 Å². The van der Waals surface area contributed by atoms with Gasteiger partial charge in [-0.2, -0.15) is 0 Å². The van der Waals surface area contributed by atoms with Crippen molar-refractivity contribution in [3.8, 4) is 0 Å². The zero-order valence-corrected chi connectivity index (χ0v) is 8.20. The lowest BCUT2D eigenvalue weighted by Crippen LogP contribution is -2.02. The first-order valence-corrected chi connectivity index (χ1v) is 4.07. The van der Waals surface area contributed by atoms with E-state index in [0.29, 0.717) is 12.4 Å². The van der Waals surface area contributed by atoms with E-state index in [-0.39, 0.29) is 0 Å². The number of nitrogen functional groups attached to an aromatic ring is 1. The molecular weight excluding hydrogens is 257 g/mol. The van der Waals surface area contributed by atoms with E-state index in [1.165, 1.54) is 6.33 Å². The highest BCUT2D eigenvalue weighted by atomic mass is 127. The highest BCUT2D eigenvalue weighted by molar-refractivity contribution is 14.1. The molecule has 1 aromatic heterocycles. The molecule has 5 heteroatoms. The van der Waals surface area contributed by atoms with Crippen molar-refractivity contribution in [1.82, 2.24) is 9.97 Å². The summed E-state index contributed by atoms with van der Waals surface area (Å²) >= 11 is 2.10. The van der Waals surface area contributed by atoms with Gasteiger partial charge in [-0.1, -0.05) is 0 Å². The van der Waals surface area contributed by atoms with Crippen LogP contribution in [0, 0.1) is 3.57 Å². The standard InChI is InChI=1S/C6H8IN3O/c1-11-2-4-5(7)6(8)10-3-9-4/h3H,2H2,1H3,(H2,8,9,10). The van der Waals surface area contributed by atoms with Crippen molar-refractivity contribution in [2.24, 2.45) is 0 Å². The lowest BCUT2D eigenvalue weighted by atomic mass is 10.4. The van der Waals surface area contributed by atoms with Crippen LogP contribution in [0.1, 0.15) is 5.69 Å². The number of nitrogens with zero attached hydrogens (tertiary/aromatic N) is 2. The van der Waals surface area contributed by atoms with Crippen LogP contribution >= 0.6 is 22.6 Å². The maximum Gasteiger partial charge on any atom is 0.140 e. The Labute approximate surface area is 78.3 Å². The van der Waals surface area contributed by atoms with Crippen LogP contribution in [-0.2, 0) is 11.3 Å². The average Bonchev–Trinajstić information content (AvgIpc) is 1.99. The Kier molecular flexibility index (Phi) is 3.01. The number of aromatic nitrogens is 2.